The Balaban J connectivity index is 1.54. The lowest BCUT2D eigenvalue weighted by Crippen LogP contribution is -2.57. The van der Waals surface area contributed by atoms with Crippen molar-refractivity contribution in [2.45, 2.75) is 62.6 Å². The highest BCUT2D eigenvalue weighted by Crippen LogP contribution is 2.69. The number of aliphatic hydroxyl groups is 1. The van der Waals surface area contributed by atoms with E-state index in [9.17, 15) is 19.5 Å². The molecule has 1 spiro atoms. The van der Waals surface area contributed by atoms with E-state index in [1.54, 1.807) is 16.7 Å². The van der Waals surface area contributed by atoms with Crippen LogP contribution >= 0.6 is 11.8 Å². The fraction of sp³-hybridized carbons (Fsp3) is 0.483. The van der Waals surface area contributed by atoms with Crippen molar-refractivity contribution in [2.24, 2.45) is 17.8 Å². The molecule has 2 aromatic carbocycles. The molecule has 2 bridgehead atoms. The second-order valence-corrected chi connectivity index (χ2v) is 12.3. The van der Waals surface area contributed by atoms with Gasteiger partial charge in [-0.3, -0.25) is 14.4 Å². The zero-order valence-corrected chi connectivity index (χ0v) is 22.5. The Morgan fingerprint density at radius 3 is 2.54 bits per heavy atom. The van der Waals surface area contributed by atoms with Crippen LogP contribution in [0.15, 0.2) is 48.5 Å². The number of carbonyl (C=O) groups excluding carboxylic acids is 3. The summed E-state index contributed by atoms with van der Waals surface area (Å²) in [5.41, 5.74) is 3.38. The molecule has 196 valence electrons. The molecular formula is C29H35N3O4S. The normalized spacial score (nSPS) is 30.8. The van der Waals surface area contributed by atoms with Crippen LogP contribution in [0.4, 0.5) is 11.4 Å². The predicted octanol–water partition coefficient (Wildman–Crippen LogP) is 3.99. The van der Waals surface area contributed by atoms with E-state index in [2.05, 4.69) is 17.6 Å². The monoisotopic (exact) mass is 521 g/mol. The van der Waals surface area contributed by atoms with E-state index in [1.165, 1.54) is 0 Å². The first-order valence-corrected chi connectivity index (χ1v) is 14.0. The van der Waals surface area contributed by atoms with Crippen molar-refractivity contribution in [1.82, 2.24) is 4.90 Å². The number of amides is 3. The molecular weight excluding hydrogens is 486 g/mol. The Labute approximate surface area is 222 Å². The summed E-state index contributed by atoms with van der Waals surface area (Å²) >= 11 is 1.64. The van der Waals surface area contributed by atoms with Crippen molar-refractivity contribution in [3.63, 3.8) is 0 Å². The molecule has 7 nitrogen and oxygen atoms in total. The minimum atomic E-state index is -0.776. The number of aryl methyl sites for hydroxylation is 2. The molecule has 7 atom stereocenters. The van der Waals surface area contributed by atoms with Gasteiger partial charge in [0, 0.05) is 16.6 Å². The van der Waals surface area contributed by atoms with Gasteiger partial charge >= 0.3 is 0 Å². The second-order valence-electron chi connectivity index (χ2n) is 10.7. The van der Waals surface area contributed by atoms with Crippen LogP contribution in [0.25, 0.3) is 0 Å². The summed E-state index contributed by atoms with van der Waals surface area (Å²) in [6.45, 7) is 7.69. The van der Waals surface area contributed by atoms with Crippen LogP contribution in [0.1, 0.15) is 37.8 Å². The van der Waals surface area contributed by atoms with Crippen LogP contribution in [-0.2, 0) is 14.4 Å². The fourth-order valence-corrected chi connectivity index (χ4v) is 9.09. The van der Waals surface area contributed by atoms with Gasteiger partial charge in [-0.1, -0.05) is 44.2 Å². The lowest BCUT2D eigenvalue weighted by Gasteiger charge is -2.40. The summed E-state index contributed by atoms with van der Waals surface area (Å²) in [5, 5.41) is 16.3. The molecule has 3 amide bonds. The summed E-state index contributed by atoms with van der Waals surface area (Å²) in [5.74, 6) is -1.72. The predicted molar refractivity (Wildman–Crippen MR) is 146 cm³/mol. The smallest absolute Gasteiger partial charge is 0.248 e. The third-order valence-corrected chi connectivity index (χ3v) is 10.6. The van der Waals surface area contributed by atoms with Gasteiger partial charge < -0.3 is 20.6 Å². The molecule has 0 aromatic heterocycles. The van der Waals surface area contributed by atoms with Crippen LogP contribution in [0.3, 0.4) is 0 Å². The molecule has 37 heavy (non-hydrogen) atoms. The van der Waals surface area contributed by atoms with Crippen molar-refractivity contribution in [3.8, 4) is 0 Å². The molecule has 8 heteroatoms. The van der Waals surface area contributed by atoms with Gasteiger partial charge in [-0.2, -0.15) is 0 Å². The molecule has 0 aliphatic carbocycles. The third kappa shape index (κ3) is 4.05. The molecule has 3 unspecified atom stereocenters. The van der Waals surface area contributed by atoms with Crippen LogP contribution in [0.2, 0.25) is 0 Å². The quantitative estimate of drug-likeness (QED) is 0.512. The minimum absolute atomic E-state index is 0.0416. The van der Waals surface area contributed by atoms with Gasteiger partial charge in [0.1, 0.15) is 6.04 Å². The largest absolute Gasteiger partial charge is 0.394 e. The Bertz CT molecular complexity index is 1220. The van der Waals surface area contributed by atoms with E-state index in [-0.39, 0.29) is 35.5 Å². The molecule has 2 aromatic rings. The molecule has 3 fully saturated rings. The van der Waals surface area contributed by atoms with Gasteiger partial charge in [0.15, 0.2) is 0 Å². The van der Waals surface area contributed by atoms with Crippen molar-refractivity contribution in [2.75, 3.05) is 17.2 Å². The molecule has 3 N–H and O–H groups in total. The van der Waals surface area contributed by atoms with E-state index in [4.69, 9.17) is 0 Å². The molecule has 3 heterocycles. The number of benzene rings is 2. The number of anilines is 2. The van der Waals surface area contributed by atoms with Gasteiger partial charge in [0.05, 0.1) is 29.2 Å². The standard InChI is InChI=1S/C29H35N3O4S/c1-5-20(15-33)32-25(27(35)31-21-13-16(2)11-12-17(21)3)29-18(4)14-22(37-29)23(24(29)28(32)36)26(34)30-19-9-7-6-8-10-19/h6-13,18,20,22-25,33H,5,14-15H2,1-4H3,(H,30,34)(H,31,35)/t18?,20-,22+,23-,24-,25?,29?/m0/s1. The lowest BCUT2D eigenvalue weighted by molar-refractivity contribution is -0.141. The van der Waals surface area contributed by atoms with Gasteiger partial charge in [0.2, 0.25) is 17.7 Å². The van der Waals surface area contributed by atoms with E-state index >= 15 is 0 Å². The Kier molecular flexibility index (Phi) is 6.83. The Morgan fingerprint density at radius 1 is 1.14 bits per heavy atom. The number of hydrogen-bond acceptors (Lipinski definition) is 5. The Hall–Kier alpha value is -2.84. The van der Waals surface area contributed by atoms with Gasteiger partial charge in [-0.25, -0.2) is 0 Å². The third-order valence-electron chi connectivity index (χ3n) is 8.50. The molecule has 3 aliphatic rings. The zero-order chi connectivity index (χ0) is 26.5. The number of para-hydroxylation sites is 1. The molecule has 3 aliphatic heterocycles. The van der Waals surface area contributed by atoms with Crippen molar-refractivity contribution in [1.29, 1.82) is 0 Å². The SMILES string of the molecule is CC[C@@H](CO)N1C(=O)[C@@H]2[C@@H](C(=O)Nc3ccccc3)[C@H]3CC(C)C2(S3)C1C(=O)Nc1cc(C)ccc1C. The van der Waals surface area contributed by atoms with E-state index in [0.29, 0.717) is 12.1 Å². The number of aliphatic hydroxyl groups excluding tert-OH is 1. The summed E-state index contributed by atoms with van der Waals surface area (Å²) < 4.78 is -0.731. The van der Waals surface area contributed by atoms with Crippen molar-refractivity contribution in [3.05, 3.63) is 59.7 Å². The van der Waals surface area contributed by atoms with E-state index in [0.717, 1.165) is 23.2 Å². The van der Waals surface area contributed by atoms with Crippen molar-refractivity contribution < 1.29 is 19.5 Å². The van der Waals surface area contributed by atoms with Gasteiger partial charge in [-0.15, -0.1) is 11.8 Å². The number of nitrogens with zero attached hydrogens (tertiary/aromatic N) is 1. The summed E-state index contributed by atoms with van der Waals surface area (Å²) in [7, 11) is 0. The first-order valence-electron chi connectivity index (χ1n) is 13.1. The number of carbonyl (C=O) groups is 3. The maximum absolute atomic E-state index is 14.2. The highest BCUT2D eigenvalue weighted by molar-refractivity contribution is 8.02. The highest BCUT2D eigenvalue weighted by Gasteiger charge is 2.76. The number of nitrogens with one attached hydrogen (secondary N) is 2. The molecule has 5 rings (SSSR count). The summed E-state index contributed by atoms with van der Waals surface area (Å²) in [6, 6.07) is 13.9. The number of rotatable bonds is 7. The van der Waals surface area contributed by atoms with Gasteiger partial charge in [-0.05, 0) is 61.9 Å². The first-order chi connectivity index (χ1) is 17.7. The zero-order valence-electron chi connectivity index (χ0n) is 21.7. The molecule has 0 saturated carbocycles. The Morgan fingerprint density at radius 2 is 1.86 bits per heavy atom. The number of hydrogen-bond donors (Lipinski definition) is 3. The molecule has 3 saturated heterocycles. The van der Waals surface area contributed by atoms with Crippen LogP contribution in [0.5, 0.6) is 0 Å². The first kappa shape index (κ1) is 25.8. The average molecular weight is 522 g/mol. The number of likely N-dealkylation sites (tertiary alicyclic amines) is 1. The highest BCUT2D eigenvalue weighted by atomic mass is 32.2. The lowest BCUT2D eigenvalue weighted by atomic mass is 9.66. The summed E-state index contributed by atoms with van der Waals surface area (Å²) in [6.07, 6.45) is 1.28. The minimum Gasteiger partial charge on any atom is -0.394 e. The van der Waals surface area contributed by atoms with Crippen LogP contribution in [-0.4, -0.2) is 56.4 Å². The van der Waals surface area contributed by atoms with Crippen LogP contribution < -0.4 is 10.6 Å². The maximum Gasteiger partial charge on any atom is 0.248 e. The number of fused-ring (bicyclic) bond motifs is 1. The van der Waals surface area contributed by atoms with E-state index < -0.39 is 28.7 Å². The van der Waals surface area contributed by atoms with E-state index in [1.807, 2.05) is 69.3 Å². The maximum atomic E-state index is 14.2. The van der Waals surface area contributed by atoms with Gasteiger partial charge in [0.25, 0.3) is 0 Å². The van der Waals surface area contributed by atoms with Crippen LogP contribution in [0, 0.1) is 31.6 Å². The number of thioether (sulfide) groups is 1. The fourth-order valence-electron chi connectivity index (χ4n) is 6.68. The average Bonchev–Trinajstić information content (AvgIpc) is 3.47. The molecule has 0 radical (unpaired) electrons. The topological polar surface area (TPSA) is 98.7 Å². The van der Waals surface area contributed by atoms with Crippen molar-refractivity contribution >= 4 is 40.9 Å². The summed E-state index contributed by atoms with van der Waals surface area (Å²) in [4.78, 5) is 43.5. The second kappa shape index (κ2) is 9.80.